The fourth-order valence-corrected chi connectivity index (χ4v) is 2.32. The second kappa shape index (κ2) is 5.99. The van der Waals surface area contributed by atoms with Gasteiger partial charge in [0.15, 0.2) is 6.29 Å². The van der Waals surface area contributed by atoms with Crippen LogP contribution in [0.2, 0.25) is 0 Å². The van der Waals surface area contributed by atoms with E-state index in [0.717, 1.165) is 13.2 Å². The van der Waals surface area contributed by atoms with Gasteiger partial charge >= 0.3 is 0 Å². The van der Waals surface area contributed by atoms with Crippen LogP contribution in [0.4, 0.5) is 0 Å². The molecule has 1 fully saturated rings. The topological polar surface area (TPSA) is 18.5 Å². The third-order valence-corrected chi connectivity index (χ3v) is 3.52. The molecule has 0 radical (unpaired) electrons. The summed E-state index contributed by atoms with van der Waals surface area (Å²) in [6, 6.07) is 0. The zero-order valence-corrected chi connectivity index (χ0v) is 10.6. The standard InChI is InChI=1S/C11H23O2S/c1-9(2)11-12-7-10(8-13-11)5-6-14(3)4/h9-11H,5-8H2,1-4H3/q+1. The number of hydrogen-bond donors (Lipinski definition) is 0. The molecule has 1 saturated heterocycles. The second-order valence-electron chi connectivity index (χ2n) is 4.62. The Kier molecular flexibility index (Phi) is 5.28. The maximum Gasteiger partial charge on any atom is 0.159 e. The molecular weight excluding hydrogens is 196 g/mol. The molecule has 1 aliphatic rings. The van der Waals surface area contributed by atoms with Gasteiger partial charge in [-0.05, 0) is 17.3 Å². The summed E-state index contributed by atoms with van der Waals surface area (Å²) < 4.78 is 11.3. The van der Waals surface area contributed by atoms with Gasteiger partial charge in [-0.25, -0.2) is 0 Å². The lowest BCUT2D eigenvalue weighted by molar-refractivity contribution is -0.219. The minimum absolute atomic E-state index is 0.0350. The number of hydrogen-bond acceptors (Lipinski definition) is 2. The highest BCUT2D eigenvalue weighted by molar-refractivity contribution is 7.95. The van der Waals surface area contributed by atoms with E-state index in [1.54, 1.807) is 0 Å². The Morgan fingerprint density at radius 3 is 2.21 bits per heavy atom. The van der Waals surface area contributed by atoms with E-state index in [-0.39, 0.29) is 6.29 Å². The molecule has 0 aromatic rings. The molecule has 0 saturated carbocycles. The van der Waals surface area contributed by atoms with Crippen molar-refractivity contribution in [3.63, 3.8) is 0 Å². The molecule has 0 N–H and O–H groups in total. The van der Waals surface area contributed by atoms with Crippen LogP contribution in [0.3, 0.4) is 0 Å². The minimum Gasteiger partial charge on any atom is -0.352 e. The molecule has 0 spiro atoms. The molecule has 0 bridgehead atoms. The number of ether oxygens (including phenoxy) is 2. The van der Waals surface area contributed by atoms with Gasteiger partial charge in [0.05, 0.1) is 25.7 Å². The summed E-state index contributed by atoms with van der Waals surface area (Å²) in [6.07, 6.45) is 5.87. The Morgan fingerprint density at radius 1 is 1.21 bits per heavy atom. The molecule has 0 amide bonds. The summed E-state index contributed by atoms with van der Waals surface area (Å²) in [5.41, 5.74) is 0. The predicted molar refractivity (Wildman–Crippen MR) is 62.7 cm³/mol. The van der Waals surface area contributed by atoms with Gasteiger partial charge < -0.3 is 9.47 Å². The molecule has 1 rings (SSSR count). The van der Waals surface area contributed by atoms with Crippen molar-refractivity contribution in [2.75, 3.05) is 31.5 Å². The molecule has 14 heavy (non-hydrogen) atoms. The normalized spacial score (nSPS) is 28.7. The summed E-state index contributed by atoms with van der Waals surface area (Å²) in [5.74, 6) is 2.41. The van der Waals surface area contributed by atoms with Crippen molar-refractivity contribution in [2.45, 2.75) is 26.6 Å². The van der Waals surface area contributed by atoms with E-state index < -0.39 is 0 Å². The van der Waals surface area contributed by atoms with Crippen LogP contribution in [0, 0.1) is 11.8 Å². The molecule has 1 heterocycles. The van der Waals surface area contributed by atoms with Crippen molar-refractivity contribution >= 4 is 10.9 Å². The van der Waals surface area contributed by atoms with Gasteiger partial charge in [0.1, 0.15) is 5.75 Å². The molecule has 2 nitrogen and oxygen atoms in total. The molecule has 0 aromatic heterocycles. The molecule has 84 valence electrons. The highest BCUT2D eigenvalue weighted by Crippen LogP contribution is 2.19. The second-order valence-corrected chi connectivity index (χ2v) is 7.00. The zero-order chi connectivity index (χ0) is 10.6. The van der Waals surface area contributed by atoms with E-state index in [2.05, 4.69) is 26.4 Å². The van der Waals surface area contributed by atoms with E-state index in [9.17, 15) is 0 Å². The van der Waals surface area contributed by atoms with Gasteiger partial charge in [0.2, 0.25) is 0 Å². The van der Waals surface area contributed by atoms with Crippen molar-refractivity contribution in [2.24, 2.45) is 11.8 Å². The first-order valence-corrected chi connectivity index (χ1v) is 7.58. The van der Waals surface area contributed by atoms with Crippen LogP contribution in [0.25, 0.3) is 0 Å². The molecule has 0 atom stereocenters. The highest BCUT2D eigenvalue weighted by atomic mass is 32.2. The van der Waals surface area contributed by atoms with Crippen LogP contribution in [0.1, 0.15) is 20.3 Å². The third kappa shape index (κ3) is 4.20. The number of rotatable bonds is 4. The maximum atomic E-state index is 5.67. The molecular formula is C11H23O2S+. The van der Waals surface area contributed by atoms with Gasteiger partial charge in [0.25, 0.3) is 0 Å². The van der Waals surface area contributed by atoms with Gasteiger partial charge in [-0.15, -0.1) is 0 Å². The van der Waals surface area contributed by atoms with E-state index in [1.807, 2.05) is 0 Å². The quantitative estimate of drug-likeness (QED) is 0.672. The molecule has 0 aromatic carbocycles. The highest BCUT2D eigenvalue weighted by Gasteiger charge is 2.25. The SMILES string of the molecule is CC(C)C1OCC(CC[S+](C)C)CO1. The summed E-state index contributed by atoms with van der Waals surface area (Å²) in [4.78, 5) is 0. The van der Waals surface area contributed by atoms with Gasteiger partial charge in [-0.3, -0.25) is 0 Å². The lowest BCUT2D eigenvalue weighted by Gasteiger charge is -2.31. The van der Waals surface area contributed by atoms with Gasteiger partial charge in [0, 0.05) is 11.8 Å². The first-order chi connectivity index (χ1) is 6.59. The van der Waals surface area contributed by atoms with Crippen LogP contribution < -0.4 is 0 Å². The summed E-state index contributed by atoms with van der Waals surface area (Å²) in [7, 11) is 0.554. The van der Waals surface area contributed by atoms with Gasteiger partial charge in [-0.2, -0.15) is 0 Å². The molecule has 0 aliphatic carbocycles. The summed E-state index contributed by atoms with van der Waals surface area (Å²) >= 11 is 0. The average molecular weight is 219 g/mol. The minimum atomic E-state index is 0.0350. The Hall–Kier alpha value is 0.270. The van der Waals surface area contributed by atoms with Crippen LogP contribution >= 0.6 is 0 Å². The fraction of sp³-hybridized carbons (Fsp3) is 1.00. The molecule has 0 unspecified atom stereocenters. The molecule has 3 heteroatoms. The van der Waals surface area contributed by atoms with E-state index in [4.69, 9.17) is 9.47 Å². The summed E-state index contributed by atoms with van der Waals surface area (Å²) in [6.45, 7) is 6.06. The largest absolute Gasteiger partial charge is 0.352 e. The van der Waals surface area contributed by atoms with Crippen LogP contribution in [-0.2, 0) is 20.4 Å². The average Bonchev–Trinajstić information content (AvgIpc) is 2.15. The van der Waals surface area contributed by atoms with Crippen molar-refractivity contribution in [3.8, 4) is 0 Å². The van der Waals surface area contributed by atoms with Crippen LogP contribution in [-0.4, -0.2) is 37.8 Å². The van der Waals surface area contributed by atoms with Crippen molar-refractivity contribution in [1.29, 1.82) is 0 Å². The first-order valence-electron chi connectivity index (χ1n) is 5.37. The fourth-order valence-electron chi connectivity index (χ4n) is 1.51. The smallest absolute Gasteiger partial charge is 0.159 e. The van der Waals surface area contributed by atoms with Crippen molar-refractivity contribution < 1.29 is 9.47 Å². The Morgan fingerprint density at radius 2 is 1.79 bits per heavy atom. The van der Waals surface area contributed by atoms with Crippen LogP contribution in [0.5, 0.6) is 0 Å². The first kappa shape index (κ1) is 12.3. The van der Waals surface area contributed by atoms with Crippen molar-refractivity contribution in [1.82, 2.24) is 0 Å². The van der Waals surface area contributed by atoms with Crippen molar-refractivity contribution in [3.05, 3.63) is 0 Å². The molecule has 1 aliphatic heterocycles. The Bertz CT molecular complexity index is 151. The Balaban J connectivity index is 2.16. The van der Waals surface area contributed by atoms with Crippen LogP contribution in [0.15, 0.2) is 0 Å². The lowest BCUT2D eigenvalue weighted by atomic mass is 10.1. The summed E-state index contributed by atoms with van der Waals surface area (Å²) in [5, 5.41) is 0. The van der Waals surface area contributed by atoms with E-state index in [1.165, 1.54) is 12.2 Å². The zero-order valence-electron chi connectivity index (χ0n) is 9.79. The van der Waals surface area contributed by atoms with E-state index in [0.29, 0.717) is 22.7 Å². The third-order valence-electron chi connectivity index (χ3n) is 2.47. The van der Waals surface area contributed by atoms with E-state index >= 15 is 0 Å². The van der Waals surface area contributed by atoms with Gasteiger partial charge in [-0.1, -0.05) is 13.8 Å². The monoisotopic (exact) mass is 219 g/mol. The maximum absolute atomic E-state index is 5.67. The Labute approximate surface area is 90.7 Å². The lowest BCUT2D eigenvalue weighted by Crippen LogP contribution is -2.35. The predicted octanol–water partition coefficient (Wildman–Crippen LogP) is 1.90.